The second kappa shape index (κ2) is 7.33. The van der Waals surface area contributed by atoms with Crippen LogP contribution in [-0.4, -0.2) is 34.1 Å². The van der Waals surface area contributed by atoms with Crippen LogP contribution >= 0.6 is 0 Å². The van der Waals surface area contributed by atoms with Crippen molar-refractivity contribution in [2.24, 2.45) is 0 Å². The minimum absolute atomic E-state index is 0.257. The number of benzene rings is 1. The van der Waals surface area contributed by atoms with E-state index in [4.69, 9.17) is 4.74 Å². The largest absolute Gasteiger partial charge is 0.493 e. The van der Waals surface area contributed by atoms with Gasteiger partial charge in [-0.1, -0.05) is 0 Å². The molecular formula is C21H21FN6O. The molecule has 1 saturated heterocycles. The van der Waals surface area contributed by atoms with Gasteiger partial charge in [-0.3, -0.25) is 4.40 Å². The fraction of sp³-hybridized carbons (Fsp3) is 0.381. The molecule has 0 bridgehead atoms. The molecule has 8 heteroatoms. The summed E-state index contributed by atoms with van der Waals surface area (Å²) < 4.78 is 21.8. The third-order valence-corrected chi connectivity index (χ3v) is 5.78. The first kappa shape index (κ1) is 17.9. The van der Waals surface area contributed by atoms with Crippen molar-refractivity contribution in [2.45, 2.75) is 31.7 Å². The summed E-state index contributed by atoms with van der Waals surface area (Å²) in [5.41, 5.74) is 3.64. The molecule has 2 aliphatic heterocycles. The Morgan fingerprint density at radius 2 is 2.21 bits per heavy atom. The summed E-state index contributed by atoms with van der Waals surface area (Å²) in [7, 11) is 0. The highest BCUT2D eigenvalue weighted by Crippen LogP contribution is 2.32. The molecule has 0 radical (unpaired) electrons. The summed E-state index contributed by atoms with van der Waals surface area (Å²) in [6.07, 6.45) is 6.26. The van der Waals surface area contributed by atoms with Crippen LogP contribution in [0.15, 0.2) is 24.5 Å². The molecular weight excluding hydrogens is 371 g/mol. The summed E-state index contributed by atoms with van der Waals surface area (Å²) in [4.78, 5) is 9.10. The second-order valence-electron chi connectivity index (χ2n) is 7.45. The van der Waals surface area contributed by atoms with Crippen LogP contribution in [0.5, 0.6) is 5.75 Å². The van der Waals surface area contributed by atoms with Gasteiger partial charge < -0.3 is 15.4 Å². The smallest absolute Gasteiger partial charge is 0.208 e. The lowest BCUT2D eigenvalue weighted by molar-refractivity contribution is 0.356. The second-order valence-corrected chi connectivity index (χ2v) is 7.45. The summed E-state index contributed by atoms with van der Waals surface area (Å²) in [6, 6.07) is 5.24. The number of piperidine rings is 1. The maximum absolute atomic E-state index is 14.4. The normalized spacial score (nSPS) is 16.4. The number of nitrogens with zero attached hydrogens (tertiary/aromatic N) is 4. The number of nitriles is 1. The molecule has 0 spiro atoms. The first-order valence-corrected chi connectivity index (χ1v) is 9.90. The molecule has 5 rings (SSSR count). The van der Waals surface area contributed by atoms with Gasteiger partial charge >= 0.3 is 0 Å². The van der Waals surface area contributed by atoms with E-state index in [1.807, 2.05) is 10.6 Å². The molecule has 4 heterocycles. The summed E-state index contributed by atoms with van der Waals surface area (Å²) in [6.45, 7) is 2.78. The van der Waals surface area contributed by atoms with Crippen molar-refractivity contribution >= 4 is 11.6 Å². The number of imidazole rings is 1. The predicted octanol–water partition coefficient (Wildman–Crippen LogP) is 2.75. The van der Waals surface area contributed by atoms with Crippen LogP contribution in [0.25, 0.3) is 5.65 Å². The average Bonchev–Trinajstić information content (AvgIpc) is 3.40. The van der Waals surface area contributed by atoms with Gasteiger partial charge in [0, 0.05) is 35.9 Å². The first-order valence-electron chi connectivity index (χ1n) is 9.90. The van der Waals surface area contributed by atoms with E-state index in [2.05, 4.69) is 26.7 Å². The Hall–Kier alpha value is -3.18. The van der Waals surface area contributed by atoms with Gasteiger partial charge in [0.2, 0.25) is 5.95 Å². The average molecular weight is 392 g/mol. The molecule has 7 nitrogen and oxygen atoms in total. The minimum atomic E-state index is -0.257. The van der Waals surface area contributed by atoms with E-state index in [0.717, 1.165) is 48.5 Å². The van der Waals surface area contributed by atoms with Crippen molar-refractivity contribution in [3.63, 3.8) is 0 Å². The van der Waals surface area contributed by atoms with Crippen LogP contribution < -0.4 is 15.4 Å². The zero-order chi connectivity index (χ0) is 19.8. The molecule has 0 amide bonds. The number of ether oxygens (including phenoxy) is 1. The number of rotatable bonds is 4. The van der Waals surface area contributed by atoms with Crippen LogP contribution in [0, 0.1) is 17.1 Å². The van der Waals surface area contributed by atoms with E-state index < -0.39 is 0 Å². The van der Waals surface area contributed by atoms with E-state index in [1.165, 1.54) is 6.07 Å². The predicted molar refractivity (Wildman–Crippen MR) is 105 cm³/mol. The van der Waals surface area contributed by atoms with Gasteiger partial charge in [0.1, 0.15) is 23.3 Å². The van der Waals surface area contributed by atoms with Gasteiger partial charge in [-0.25, -0.2) is 14.4 Å². The van der Waals surface area contributed by atoms with Crippen LogP contribution in [-0.2, 0) is 13.0 Å². The maximum atomic E-state index is 14.4. The number of hydrogen-bond acceptors (Lipinski definition) is 6. The molecule has 2 N–H and O–H groups in total. The minimum Gasteiger partial charge on any atom is -0.493 e. The number of aromatic nitrogens is 3. The standard InChI is InChI=1S/C21H21FN6O/c22-18-1-2-19-15(5-8-29-19)17(18)11-26-21-25-10-16(13-3-6-24-7-4-13)20-27-14(9-23)12-28(20)21/h1-2,10,12-13,24H,3-8,11H2,(H,25,26). The van der Waals surface area contributed by atoms with Crippen LogP contribution in [0.4, 0.5) is 10.3 Å². The Bertz CT molecular complexity index is 1110. The van der Waals surface area contributed by atoms with Gasteiger partial charge in [0.15, 0.2) is 5.69 Å². The highest BCUT2D eigenvalue weighted by molar-refractivity contribution is 5.56. The summed E-state index contributed by atoms with van der Waals surface area (Å²) >= 11 is 0. The summed E-state index contributed by atoms with van der Waals surface area (Å²) in [5, 5.41) is 15.9. The SMILES string of the molecule is N#Cc1cn2c(NCc3c(F)ccc4c3CCO4)ncc(C3CCNCC3)c2n1. The number of nitrogens with one attached hydrogen (secondary N) is 2. The number of halogens is 1. The first-order chi connectivity index (χ1) is 14.2. The fourth-order valence-electron chi connectivity index (χ4n) is 4.28. The highest BCUT2D eigenvalue weighted by atomic mass is 19.1. The molecule has 148 valence electrons. The Morgan fingerprint density at radius 3 is 3.03 bits per heavy atom. The lowest BCUT2D eigenvalue weighted by Crippen LogP contribution is -2.27. The van der Waals surface area contributed by atoms with Crippen molar-refractivity contribution in [3.8, 4) is 11.8 Å². The molecule has 3 aromatic rings. The van der Waals surface area contributed by atoms with Crippen molar-refractivity contribution in [1.29, 1.82) is 5.26 Å². The molecule has 0 unspecified atom stereocenters. The van der Waals surface area contributed by atoms with E-state index >= 15 is 0 Å². The highest BCUT2D eigenvalue weighted by Gasteiger charge is 2.22. The van der Waals surface area contributed by atoms with Gasteiger partial charge in [-0.15, -0.1) is 0 Å². The molecule has 0 aliphatic carbocycles. The Balaban J connectivity index is 1.49. The van der Waals surface area contributed by atoms with Gasteiger partial charge in [-0.2, -0.15) is 5.26 Å². The van der Waals surface area contributed by atoms with Crippen LogP contribution in [0.2, 0.25) is 0 Å². The van der Waals surface area contributed by atoms with Crippen molar-refractivity contribution in [3.05, 3.63) is 52.7 Å². The van der Waals surface area contributed by atoms with E-state index in [0.29, 0.717) is 36.2 Å². The van der Waals surface area contributed by atoms with Crippen molar-refractivity contribution < 1.29 is 9.13 Å². The number of hydrogen-bond donors (Lipinski definition) is 2. The quantitative estimate of drug-likeness (QED) is 0.710. The lowest BCUT2D eigenvalue weighted by atomic mass is 9.92. The Kier molecular flexibility index (Phi) is 4.52. The zero-order valence-corrected chi connectivity index (χ0v) is 15.9. The molecule has 2 aromatic heterocycles. The Morgan fingerprint density at radius 1 is 1.34 bits per heavy atom. The van der Waals surface area contributed by atoms with Crippen molar-refractivity contribution in [1.82, 2.24) is 19.7 Å². The maximum Gasteiger partial charge on any atom is 0.208 e. The molecule has 0 atom stereocenters. The molecule has 1 aromatic carbocycles. The molecule has 0 saturated carbocycles. The lowest BCUT2D eigenvalue weighted by Gasteiger charge is -2.23. The van der Waals surface area contributed by atoms with Crippen molar-refractivity contribution in [2.75, 3.05) is 25.0 Å². The molecule has 2 aliphatic rings. The monoisotopic (exact) mass is 392 g/mol. The third-order valence-electron chi connectivity index (χ3n) is 5.78. The fourth-order valence-corrected chi connectivity index (χ4v) is 4.28. The topological polar surface area (TPSA) is 87.3 Å². The third kappa shape index (κ3) is 3.17. The number of anilines is 1. The van der Waals surface area contributed by atoms with E-state index in [1.54, 1.807) is 12.3 Å². The van der Waals surface area contributed by atoms with E-state index in [9.17, 15) is 9.65 Å². The van der Waals surface area contributed by atoms with Gasteiger partial charge in [0.05, 0.1) is 12.8 Å². The Labute approximate surface area is 167 Å². The number of fused-ring (bicyclic) bond motifs is 2. The molecule has 29 heavy (non-hydrogen) atoms. The molecule has 1 fully saturated rings. The van der Waals surface area contributed by atoms with Gasteiger partial charge in [-0.05, 0) is 44.0 Å². The summed E-state index contributed by atoms with van der Waals surface area (Å²) in [5.74, 6) is 1.40. The zero-order valence-electron chi connectivity index (χ0n) is 15.9. The van der Waals surface area contributed by atoms with Crippen LogP contribution in [0.3, 0.4) is 0 Å². The van der Waals surface area contributed by atoms with Gasteiger partial charge in [0.25, 0.3) is 0 Å². The van der Waals surface area contributed by atoms with Crippen LogP contribution in [0.1, 0.15) is 41.1 Å². The van der Waals surface area contributed by atoms with E-state index in [-0.39, 0.29) is 12.4 Å².